The van der Waals surface area contributed by atoms with E-state index in [-0.39, 0.29) is 6.04 Å². The second kappa shape index (κ2) is 6.16. The maximum Gasteiger partial charge on any atom is 0.0650 e. The van der Waals surface area contributed by atoms with Crippen LogP contribution in [0.25, 0.3) is 22.0 Å². The Hall–Kier alpha value is -3.14. The van der Waals surface area contributed by atoms with E-state index < -0.39 is 0 Å². The first-order valence-electron chi connectivity index (χ1n) is 7.99. The van der Waals surface area contributed by atoms with E-state index in [0.717, 1.165) is 27.7 Å². The molecule has 0 saturated carbocycles. The number of pyridine rings is 1. The molecule has 0 radical (unpaired) electrons. The zero-order valence-electron chi connectivity index (χ0n) is 13.4. The Labute approximate surface area is 140 Å². The first kappa shape index (κ1) is 14.5. The highest BCUT2D eigenvalue weighted by molar-refractivity contribution is 5.84. The summed E-state index contributed by atoms with van der Waals surface area (Å²) in [6, 6.07) is 19.0. The lowest BCUT2D eigenvalue weighted by atomic mass is 10.0. The van der Waals surface area contributed by atoms with Gasteiger partial charge in [0.25, 0.3) is 0 Å². The predicted molar refractivity (Wildman–Crippen MR) is 97.8 cm³/mol. The van der Waals surface area contributed by atoms with Gasteiger partial charge in [0.05, 0.1) is 17.4 Å². The summed E-state index contributed by atoms with van der Waals surface area (Å²) in [6.45, 7) is 2.15. The highest BCUT2D eigenvalue weighted by Gasteiger charge is 2.07. The number of nitrogens with zero attached hydrogens (tertiary/aromatic N) is 2. The van der Waals surface area contributed by atoms with E-state index in [9.17, 15) is 0 Å². The van der Waals surface area contributed by atoms with Crippen molar-refractivity contribution in [3.05, 3.63) is 78.8 Å². The number of fused-ring (bicyclic) bond motifs is 1. The van der Waals surface area contributed by atoms with E-state index >= 15 is 0 Å². The van der Waals surface area contributed by atoms with Crippen LogP contribution in [0.15, 0.2) is 73.2 Å². The number of anilines is 1. The first-order chi connectivity index (χ1) is 11.8. The van der Waals surface area contributed by atoms with Crippen molar-refractivity contribution in [2.24, 2.45) is 0 Å². The second-order valence-electron chi connectivity index (χ2n) is 5.91. The number of rotatable bonds is 4. The molecule has 4 rings (SSSR count). The molecule has 0 saturated heterocycles. The fourth-order valence-electron chi connectivity index (χ4n) is 2.87. The van der Waals surface area contributed by atoms with Crippen molar-refractivity contribution in [3.8, 4) is 11.1 Å². The van der Waals surface area contributed by atoms with Crippen LogP contribution in [0.5, 0.6) is 0 Å². The van der Waals surface area contributed by atoms with Crippen LogP contribution in [0.4, 0.5) is 5.69 Å². The molecular weight excluding hydrogens is 296 g/mol. The zero-order valence-corrected chi connectivity index (χ0v) is 13.4. The van der Waals surface area contributed by atoms with Crippen LogP contribution in [-0.4, -0.2) is 15.2 Å². The molecule has 1 atom stereocenters. The van der Waals surface area contributed by atoms with Crippen molar-refractivity contribution in [2.45, 2.75) is 13.0 Å². The number of benzene rings is 2. The van der Waals surface area contributed by atoms with Crippen LogP contribution >= 0.6 is 0 Å². The van der Waals surface area contributed by atoms with E-state index in [1.54, 1.807) is 0 Å². The van der Waals surface area contributed by atoms with Gasteiger partial charge in [-0.2, -0.15) is 5.10 Å². The van der Waals surface area contributed by atoms with Gasteiger partial charge in [-0.3, -0.25) is 10.1 Å². The third-order valence-electron chi connectivity index (χ3n) is 4.19. The lowest BCUT2D eigenvalue weighted by Gasteiger charge is -2.16. The summed E-state index contributed by atoms with van der Waals surface area (Å²) in [5.41, 5.74) is 5.52. The van der Waals surface area contributed by atoms with Crippen molar-refractivity contribution < 1.29 is 0 Å². The summed E-state index contributed by atoms with van der Waals surface area (Å²) in [7, 11) is 0. The third-order valence-corrected chi connectivity index (χ3v) is 4.19. The largest absolute Gasteiger partial charge is 0.377 e. The van der Waals surface area contributed by atoms with Crippen molar-refractivity contribution in [1.82, 2.24) is 15.2 Å². The number of aromatic nitrogens is 3. The van der Waals surface area contributed by atoms with Gasteiger partial charge in [-0.15, -0.1) is 0 Å². The average Bonchev–Trinajstić information content (AvgIpc) is 3.10. The molecule has 4 nitrogen and oxygen atoms in total. The quantitative estimate of drug-likeness (QED) is 0.569. The van der Waals surface area contributed by atoms with Gasteiger partial charge in [-0.1, -0.05) is 36.4 Å². The molecule has 0 aliphatic rings. The normalized spacial score (nSPS) is 12.2. The summed E-state index contributed by atoms with van der Waals surface area (Å²) in [5, 5.41) is 11.7. The van der Waals surface area contributed by atoms with Crippen LogP contribution in [0.2, 0.25) is 0 Å². The molecule has 4 aromatic rings. The summed E-state index contributed by atoms with van der Waals surface area (Å²) in [4.78, 5) is 4.39. The van der Waals surface area contributed by atoms with Crippen LogP contribution in [-0.2, 0) is 0 Å². The van der Waals surface area contributed by atoms with Crippen molar-refractivity contribution in [1.29, 1.82) is 0 Å². The molecule has 2 aromatic heterocycles. The molecule has 0 spiro atoms. The molecule has 2 heterocycles. The maximum absolute atomic E-state index is 4.39. The second-order valence-corrected chi connectivity index (χ2v) is 5.91. The van der Waals surface area contributed by atoms with Gasteiger partial charge in [0.15, 0.2) is 0 Å². The molecule has 24 heavy (non-hydrogen) atoms. The number of H-pyrrole nitrogens is 1. The minimum absolute atomic E-state index is 0.222. The minimum atomic E-state index is 0.222. The van der Waals surface area contributed by atoms with Gasteiger partial charge in [-0.05, 0) is 36.2 Å². The van der Waals surface area contributed by atoms with Crippen LogP contribution in [0, 0.1) is 0 Å². The standard InChI is InChI=1S/C20H18N4/c1-14(15-5-3-2-4-6-15)23-19-10-17(11-21-13-19)16-7-8-20-18(9-16)12-22-24-20/h2-14,23H,1H3,(H,22,24)/t14-/m0/s1. The lowest BCUT2D eigenvalue weighted by Crippen LogP contribution is -2.06. The molecular formula is C20H18N4. The Balaban J connectivity index is 1.61. The van der Waals surface area contributed by atoms with Gasteiger partial charge < -0.3 is 5.32 Å². The molecule has 118 valence electrons. The predicted octanol–water partition coefficient (Wildman–Crippen LogP) is 4.80. The maximum atomic E-state index is 4.39. The Kier molecular flexibility index (Phi) is 3.71. The summed E-state index contributed by atoms with van der Waals surface area (Å²) in [6.07, 6.45) is 5.59. The minimum Gasteiger partial charge on any atom is -0.377 e. The number of hydrogen-bond acceptors (Lipinski definition) is 3. The van der Waals surface area contributed by atoms with E-state index in [2.05, 4.69) is 69.9 Å². The number of nitrogens with one attached hydrogen (secondary N) is 2. The van der Waals surface area contributed by atoms with Gasteiger partial charge in [0.1, 0.15) is 0 Å². The van der Waals surface area contributed by atoms with Gasteiger partial charge in [-0.25, -0.2) is 0 Å². The van der Waals surface area contributed by atoms with Gasteiger partial charge in [0.2, 0.25) is 0 Å². The monoisotopic (exact) mass is 314 g/mol. The Morgan fingerprint density at radius 1 is 0.917 bits per heavy atom. The SMILES string of the molecule is C[C@H](Nc1cncc(-c2ccc3[nH]ncc3c2)c1)c1ccccc1. The van der Waals surface area contributed by atoms with E-state index in [1.807, 2.05) is 30.7 Å². The van der Waals surface area contributed by atoms with Crippen LogP contribution in [0.3, 0.4) is 0 Å². The lowest BCUT2D eigenvalue weighted by molar-refractivity contribution is 0.883. The molecule has 0 aliphatic carbocycles. The number of hydrogen-bond donors (Lipinski definition) is 2. The topological polar surface area (TPSA) is 53.6 Å². The van der Waals surface area contributed by atoms with Gasteiger partial charge in [0, 0.05) is 29.4 Å². The van der Waals surface area contributed by atoms with Gasteiger partial charge >= 0.3 is 0 Å². The number of aromatic amines is 1. The van der Waals surface area contributed by atoms with Crippen LogP contribution in [0.1, 0.15) is 18.5 Å². The summed E-state index contributed by atoms with van der Waals surface area (Å²) < 4.78 is 0. The zero-order chi connectivity index (χ0) is 16.4. The van der Waals surface area contributed by atoms with E-state index in [1.165, 1.54) is 5.56 Å². The highest BCUT2D eigenvalue weighted by Crippen LogP contribution is 2.26. The van der Waals surface area contributed by atoms with Crippen molar-refractivity contribution >= 4 is 16.6 Å². The Bertz CT molecular complexity index is 959. The molecule has 4 heteroatoms. The molecule has 2 aromatic carbocycles. The van der Waals surface area contributed by atoms with Crippen molar-refractivity contribution in [3.63, 3.8) is 0 Å². The Morgan fingerprint density at radius 3 is 2.67 bits per heavy atom. The molecule has 0 bridgehead atoms. The van der Waals surface area contributed by atoms with E-state index in [0.29, 0.717) is 0 Å². The smallest absolute Gasteiger partial charge is 0.0650 e. The fraction of sp³-hybridized carbons (Fsp3) is 0.100. The average molecular weight is 314 g/mol. The molecule has 0 unspecified atom stereocenters. The highest BCUT2D eigenvalue weighted by atomic mass is 15.1. The molecule has 2 N–H and O–H groups in total. The Morgan fingerprint density at radius 2 is 1.79 bits per heavy atom. The molecule has 0 amide bonds. The third kappa shape index (κ3) is 2.86. The van der Waals surface area contributed by atoms with Crippen LogP contribution < -0.4 is 5.32 Å². The summed E-state index contributed by atoms with van der Waals surface area (Å²) >= 11 is 0. The summed E-state index contributed by atoms with van der Waals surface area (Å²) in [5.74, 6) is 0. The first-order valence-corrected chi connectivity index (χ1v) is 7.99. The fourth-order valence-corrected chi connectivity index (χ4v) is 2.87. The van der Waals surface area contributed by atoms with Crippen molar-refractivity contribution in [2.75, 3.05) is 5.32 Å². The van der Waals surface area contributed by atoms with E-state index in [4.69, 9.17) is 0 Å². The molecule has 0 aliphatic heterocycles. The molecule has 0 fully saturated rings.